The number of hydrogen-bond donors (Lipinski definition) is 0. The number of likely N-dealkylation sites (tertiary alicyclic amines) is 1. The van der Waals surface area contributed by atoms with Crippen LogP contribution < -0.4 is 0 Å². The van der Waals surface area contributed by atoms with E-state index in [1.807, 2.05) is 0 Å². The van der Waals surface area contributed by atoms with E-state index < -0.39 is 23.9 Å². The fourth-order valence-corrected chi connectivity index (χ4v) is 2.19. The van der Waals surface area contributed by atoms with Gasteiger partial charge in [-0.1, -0.05) is 0 Å². The van der Waals surface area contributed by atoms with Crippen molar-refractivity contribution < 1.29 is 18.7 Å². The van der Waals surface area contributed by atoms with Gasteiger partial charge in [0.05, 0.1) is 12.2 Å². The molecule has 0 bridgehead atoms. The quantitative estimate of drug-likeness (QED) is 0.612. The average Bonchev–Trinajstić information content (AvgIpc) is 2.88. The van der Waals surface area contributed by atoms with Crippen LogP contribution in [0.25, 0.3) is 0 Å². The summed E-state index contributed by atoms with van der Waals surface area (Å²) in [5.41, 5.74) is -0.112. The average molecular weight is 266 g/mol. The number of hydrogen-bond acceptors (Lipinski definition) is 4. The van der Waals surface area contributed by atoms with Crippen molar-refractivity contribution in [3.05, 3.63) is 29.8 Å². The van der Waals surface area contributed by atoms with E-state index in [2.05, 4.69) is 4.98 Å². The van der Waals surface area contributed by atoms with Crippen LogP contribution in [0.1, 0.15) is 30.1 Å². The third kappa shape index (κ3) is 2.72. The van der Waals surface area contributed by atoms with Gasteiger partial charge in [-0.15, -0.1) is 0 Å². The zero-order valence-corrected chi connectivity index (χ0v) is 10.6. The molecule has 1 aliphatic rings. The molecule has 0 saturated carbocycles. The van der Waals surface area contributed by atoms with Crippen molar-refractivity contribution in [2.24, 2.45) is 0 Å². The van der Waals surface area contributed by atoms with E-state index in [-0.39, 0.29) is 12.2 Å². The van der Waals surface area contributed by atoms with Crippen LogP contribution in [0.2, 0.25) is 0 Å². The molecule has 1 atom stereocenters. The van der Waals surface area contributed by atoms with Crippen LogP contribution in [-0.4, -0.2) is 41.0 Å². The summed E-state index contributed by atoms with van der Waals surface area (Å²) < 4.78 is 18.4. The Morgan fingerprint density at radius 2 is 2.37 bits per heavy atom. The van der Waals surface area contributed by atoms with Gasteiger partial charge in [0.25, 0.3) is 5.91 Å². The third-order valence-corrected chi connectivity index (χ3v) is 3.06. The molecule has 2 heterocycles. The van der Waals surface area contributed by atoms with Crippen molar-refractivity contribution >= 4 is 11.9 Å². The maximum atomic E-state index is 13.5. The van der Waals surface area contributed by atoms with E-state index in [4.69, 9.17) is 4.74 Å². The van der Waals surface area contributed by atoms with Gasteiger partial charge < -0.3 is 9.64 Å². The smallest absolute Gasteiger partial charge is 0.328 e. The van der Waals surface area contributed by atoms with Crippen molar-refractivity contribution in [1.29, 1.82) is 0 Å². The second kappa shape index (κ2) is 5.77. The number of ether oxygens (including phenoxy) is 1. The van der Waals surface area contributed by atoms with E-state index in [0.717, 1.165) is 0 Å². The largest absolute Gasteiger partial charge is 0.464 e. The van der Waals surface area contributed by atoms with E-state index in [0.29, 0.717) is 19.4 Å². The first-order valence-electron chi connectivity index (χ1n) is 6.23. The summed E-state index contributed by atoms with van der Waals surface area (Å²) in [6.07, 6.45) is 2.53. The summed E-state index contributed by atoms with van der Waals surface area (Å²) in [5.74, 6) is -1.76. The Morgan fingerprint density at radius 3 is 3.05 bits per heavy atom. The minimum atomic E-state index is -0.818. The summed E-state index contributed by atoms with van der Waals surface area (Å²) in [5, 5.41) is 0. The standard InChI is InChI=1S/C13H15FN2O3/c1-2-19-13(18)10-6-4-8-16(10)12(17)9-5-3-7-15-11(9)14/h3,5,7,10H,2,4,6,8H2,1H3. The summed E-state index contributed by atoms with van der Waals surface area (Å²) in [7, 11) is 0. The number of halogens is 1. The Balaban J connectivity index is 2.19. The minimum absolute atomic E-state index is 0.112. The van der Waals surface area contributed by atoms with Crippen molar-refractivity contribution in [1.82, 2.24) is 9.88 Å². The van der Waals surface area contributed by atoms with Gasteiger partial charge in [0.2, 0.25) is 5.95 Å². The number of rotatable bonds is 3. The zero-order chi connectivity index (χ0) is 13.8. The molecule has 1 fully saturated rings. The Morgan fingerprint density at radius 1 is 1.58 bits per heavy atom. The van der Waals surface area contributed by atoms with Crippen LogP contribution >= 0.6 is 0 Å². The highest BCUT2D eigenvalue weighted by atomic mass is 19.1. The number of carbonyl (C=O) groups is 2. The number of esters is 1. The molecule has 2 rings (SSSR count). The molecule has 6 heteroatoms. The number of amides is 1. The summed E-state index contributed by atoms with van der Waals surface area (Å²) in [4.78, 5) is 28.8. The van der Waals surface area contributed by atoms with Gasteiger partial charge in [0, 0.05) is 12.7 Å². The van der Waals surface area contributed by atoms with Crippen LogP contribution in [0.4, 0.5) is 4.39 Å². The maximum Gasteiger partial charge on any atom is 0.328 e. The van der Waals surface area contributed by atoms with Crippen molar-refractivity contribution in [3.8, 4) is 0 Å². The molecule has 0 aliphatic carbocycles. The highest BCUT2D eigenvalue weighted by molar-refractivity contribution is 5.97. The lowest BCUT2D eigenvalue weighted by atomic mass is 10.2. The molecular weight excluding hydrogens is 251 g/mol. The van der Waals surface area contributed by atoms with Crippen molar-refractivity contribution in [3.63, 3.8) is 0 Å². The first-order chi connectivity index (χ1) is 9.15. The van der Waals surface area contributed by atoms with Gasteiger partial charge in [-0.05, 0) is 31.9 Å². The number of nitrogens with zero attached hydrogens (tertiary/aromatic N) is 2. The van der Waals surface area contributed by atoms with Gasteiger partial charge >= 0.3 is 5.97 Å². The molecule has 0 spiro atoms. The summed E-state index contributed by atoms with van der Waals surface area (Å²) in [6, 6.07) is 2.24. The van der Waals surface area contributed by atoms with Gasteiger partial charge in [0.15, 0.2) is 0 Å². The first kappa shape index (κ1) is 13.5. The van der Waals surface area contributed by atoms with E-state index >= 15 is 0 Å². The third-order valence-electron chi connectivity index (χ3n) is 3.06. The Kier molecular flexibility index (Phi) is 4.09. The molecule has 0 N–H and O–H groups in total. The molecule has 5 nitrogen and oxygen atoms in total. The molecule has 1 aliphatic heterocycles. The zero-order valence-electron chi connectivity index (χ0n) is 10.6. The maximum absolute atomic E-state index is 13.5. The van der Waals surface area contributed by atoms with Crippen LogP contribution in [0.3, 0.4) is 0 Å². The van der Waals surface area contributed by atoms with Gasteiger partial charge in [-0.25, -0.2) is 9.78 Å². The molecule has 1 amide bonds. The van der Waals surface area contributed by atoms with E-state index in [1.165, 1.54) is 23.2 Å². The molecule has 1 saturated heterocycles. The molecule has 19 heavy (non-hydrogen) atoms. The Hall–Kier alpha value is -1.98. The lowest BCUT2D eigenvalue weighted by Crippen LogP contribution is -2.41. The normalized spacial score (nSPS) is 18.4. The number of aromatic nitrogens is 1. The molecule has 1 aromatic heterocycles. The monoisotopic (exact) mass is 266 g/mol. The minimum Gasteiger partial charge on any atom is -0.464 e. The second-order valence-corrected chi connectivity index (χ2v) is 4.25. The van der Waals surface area contributed by atoms with Crippen LogP contribution in [-0.2, 0) is 9.53 Å². The lowest BCUT2D eigenvalue weighted by Gasteiger charge is -2.23. The van der Waals surface area contributed by atoms with Crippen LogP contribution in [0.5, 0.6) is 0 Å². The van der Waals surface area contributed by atoms with Gasteiger partial charge in [0.1, 0.15) is 6.04 Å². The first-order valence-corrected chi connectivity index (χ1v) is 6.23. The van der Waals surface area contributed by atoms with E-state index in [1.54, 1.807) is 6.92 Å². The van der Waals surface area contributed by atoms with Gasteiger partial charge in [-0.3, -0.25) is 4.79 Å². The molecule has 1 unspecified atom stereocenters. The lowest BCUT2D eigenvalue weighted by molar-refractivity contribution is -0.147. The highest BCUT2D eigenvalue weighted by Gasteiger charge is 2.36. The fourth-order valence-electron chi connectivity index (χ4n) is 2.19. The fraction of sp³-hybridized carbons (Fsp3) is 0.462. The summed E-state index contributed by atoms with van der Waals surface area (Å²) >= 11 is 0. The topological polar surface area (TPSA) is 59.5 Å². The number of carbonyl (C=O) groups excluding carboxylic acids is 2. The van der Waals surface area contributed by atoms with Crippen molar-refractivity contribution in [2.45, 2.75) is 25.8 Å². The van der Waals surface area contributed by atoms with Crippen LogP contribution in [0, 0.1) is 5.95 Å². The summed E-state index contributed by atoms with van der Waals surface area (Å²) in [6.45, 7) is 2.40. The van der Waals surface area contributed by atoms with Crippen molar-refractivity contribution in [2.75, 3.05) is 13.2 Å². The number of pyridine rings is 1. The predicted molar refractivity (Wildman–Crippen MR) is 64.9 cm³/mol. The van der Waals surface area contributed by atoms with Gasteiger partial charge in [-0.2, -0.15) is 4.39 Å². The predicted octanol–water partition coefficient (Wildman–Crippen LogP) is 1.39. The Bertz CT molecular complexity index is 493. The molecule has 102 valence electrons. The molecule has 1 aromatic rings. The van der Waals surface area contributed by atoms with E-state index in [9.17, 15) is 14.0 Å². The second-order valence-electron chi connectivity index (χ2n) is 4.25. The molecular formula is C13H15FN2O3. The molecule has 0 aromatic carbocycles. The Labute approximate surface area is 110 Å². The highest BCUT2D eigenvalue weighted by Crippen LogP contribution is 2.21. The van der Waals surface area contributed by atoms with Crippen LogP contribution in [0.15, 0.2) is 18.3 Å². The molecule has 0 radical (unpaired) electrons. The SMILES string of the molecule is CCOC(=O)C1CCCN1C(=O)c1cccnc1F.